The van der Waals surface area contributed by atoms with Crippen molar-refractivity contribution in [1.29, 1.82) is 5.41 Å². The number of nitrogens with one attached hydrogen (secondary N) is 3. The molecule has 6 heteroatoms. The number of benzene rings is 1. The molecule has 0 aliphatic heterocycles. The van der Waals surface area contributed by atoms with E-state index in [1.165, 1.54) is 17.3 Å². The van der Waals surface area contributed by atoms with Crippen LogP contribution in [-0.2, 0) is 6.54 Å². The highest BCUT2D eigenvalue weighted by molar-refractivity contribution is 8.14. The van der Waals surface area contributed by atoms with Crippen molar-refractivity contribution in [1.82, 2.24) is 5.32 Å². The fraction of sp³-hybridized carbons (Fsp3) is 0.364. The van der Waals surface area contributed by atoms with E-state index in [9.17, 15) is 0 Å². The van der Waals surface area contributed by atoms with Crippen LogP contribution in [0.5, 0.6) is 0 Å². The molecule has 0 radical (unpaired) electrons. The largest absolute Gasteiger partial charge is 0.335 e. The molecule has 0 saturated heterocycles. The van der Waals surface area contributed by atoms with E-state index < -0.39 is 0 Å². The summed E-state index contributed by atoms with van der Waals surface area (Å²) < 4.78 is 0. The average Bonchev–Trinajstić information content (AvgIpc) is 2.19. The van der Waals surface area contributed by atoms with Crippen molar-refractivity contribution in [2.75, 3.05) is 18.1 Å². The Balaban J connectivity index is 0. The van der Waals surface area contributed by atoms with E-state index in [1.54, 1.807) is 0 Å². The molecule has 3 N–H and O–H groups in total. The molecule has 0 fully saturated rings. The van der Waals surface area contributed by atoms with E-state index in [0.717, 1.165) is 18.0 Å². The molecule has 0 bridgehead atoms. The van der Waals surface area contributed by atoms with Gasteiger partial charge in [0.25, 0.3) is 0 Å². The van der Waals surface area contributed by atoms with Crippen molar-refractivity contribution >= 4 is 47.4 Å². The zero-order valence-corrected chi connectivity index (χ0v) is 12.4. The second-order valence-electron chi connectivity index (χ2n) is 3.12. The van der Waals surface area contributed by atoms with Crippen LogP contribution in [0.25, 0.3) is 0 Å². The molecule has 17 heavy (non-hydrogen) atoms. The van der Waals surface area contributed by atoms with Gasteiger partial charge in [0.05, 0.1) is 0 Å². The SMILES string of the molecule is CCSC(=N)Nc1cccc(CNC)c1.Cl.Cl. The third-order valence-electron chi connectivity index (χ3n) is 1.85. The van der Waals surface area contributed by atoms with Crippen molar-refractivity contribution in [3.8, 4) is 0 Å². The minimum absolute atomic E-state index is 0. The lowest BCUT2D eigenvalue weighted by atomic mass is 10.2. The van der Waals surface area contributed by atoms with Gasteiger partial charge in [-0.1, -0.05) is 30.8 Å². The van der Waals surface area contributed by atoms with Gasteiger partial charge in [0.15, 0.2) is 5.17 Å². The summed E-state index contributed by atoms with van der Waals surface area (Å²) in [6.07, 6.45) is 0. The van der Waals surface area contributed by atoms with Crippen LogP contribution in [0.4, 0.5) is 5.69 Å². The minimum Gasteiger partial charge on any atom is -0.335 e. The zero-order valence-electron chi connectivity index (χ0n) is 9.95. The predicted octanol–water partition coefficient (Wildman–Crippen LogP) is 3.35. The Kier molecular flexibility index (Phi) is 11.9. The maximum absolute atomic E-state index is 7.63. The van der Waals surface area contributed by atoms with Crippen LogP contribution in [0.1, 0.15) is 12.5 Å². The first-order valence-electron chi connectivity index (χ1n) is 4.98. The molecule has 0 spiro atoms. The van der Waals surface area contributed by atoms with Gasteiger partial charge in [-0.05, 0) is 30.5 Å². The van der Waals surface area contributed by atoms with Gasteiger partial charge < -0.3 is 10.6 Å². The molecule has 0 saturated carbocycles. The summed E-state index contributed by atoms with van der Waals surface area (Å²) in [7, 11) is 1.93. The van der Waals surface area contributed by atoms with Crippen molar-refractivity contribution < 1.29 is 0 Å². The zero-order chi connectivity index (χ0) is 11.1. The second kappa shape index (κ2) is 10.7. The summed E-state index contributed by atoms with van der Waals surface area (Å²) in [4.78, 5) is 0. The third-order valence-corrected chi connectivity index (χ3v) is 2.53. The highest BCUT2D eigenvalue weighted by Gasteiger charge is 1.98. The average molecular weight is 296 g/mol. The summed E-state index contributed by atoms with van der Waals surface area (Å²) >= 11 is 1.50. The Morgan fingerprint density at radius 3 is 2.65 bits per heavy atom. The summed E-state index contributed by atoms with van der Waals surface area (Å²) in [6, 6.07) is 8.10. The summed E-state index contributed by atoms with van der Waals surface area (Å²) in [5, 5.41) is 14.3. The molecule has 0 atom stereocenters. The van der Waals surface area contributed by atoms with Crippen LogP contribution < -0.4 is 10.6 Å². The van der Waals surface area contributed by atoms with Gasteiger partial charge >= 0.3 is 0 Å². The molecule has 0 unspecified atom stereocenters. The maximum atomic E-state index is 7.63. The topological polar surface area (TPSA) is 47.9 Å². The van der Waals surface area contributed by atoms with Crippen molar-refractivity contribution in [2.45, 2.75) is 13.5 Å². The van der Waals surface area contributed by atoms with Crippen LogP contribution >= 0.6 is 36.6 Å². The van der Waals surface area contributed by atoms with Gasteiger partial charge in [0.1, 0.15) is 0 Å². The van der Waals surface area contributed by atoms with Gasteiger partial charge in [0.2, 0.25) is 0 Å². The molecular formula is C11H19Cl2N3S. The van der Waals surface area contributed by atoms with E-state index in [1.807, 2.05) is 26.1 Å². The Morgan fingerprint density at radius 1 is 1.35 bits per heavy atom. The van der Waals surface area contributed by atoms with E-state index in [0.29, 0.717) is 5.17 Å². The van der Waals surface area contributed by atoms with E-state index >= 15 is 0 Å². The summed E-state index contributed by atoms with van der Waals surface area (Å²) in [5.41, 5.74) is 2.20. The number of hydrogen-bond acceptors (Lipinski definition) is 3. The molecule has 0 aliphatic carbocycles. The highest BCUT2D eigenvalue weighted by Crippen LogP contribution is 2.13. The highest BCUT2D eigenvalue weighted by atomic mass is 35.5. The number of hydrogen-bond donors (Lipinski definition) is 3. The standard InChI is InChI=1S/C11H17N3S.2ClH/c1-3-15-11(12)14-10-6-4-5-9(7-10)8-13-2;;/h4-7,13H,3,8H2,1-2H3,(H2,12,14);2*1H. The van der Waals surface area contributed by atoms with Gasteiger partial charge in [-0.3, -0.25) is 5.41 Å². The van der Waals surface area contributed by atoms with Gasteiger partial charge in [-0.25, -0.2) is 0 Å². The smallest absolute Gasteiger partial charge is 0.158 e. The van der Waals surface area contributed by atoms with E-state index in [2.05, 4.69) is 22.8 Å². The van der Waals surface area contributed by atoms with Crippen LogP contribution in [0, 0.1) is 5.41 Å². The summed E-state index contributed by atoms with van der Waals surface area (Å²) in [5.74, 6) is 0.919. The second-order valence-corrected chi connectivity index (χ2v) is 4.39. The molecular weight excluding hydrogens is 277 g/mol. The first-order valence-corrected chi connectivity index (χ1v) is 5.96. The van der Waals surface area contributed by atoms with E-state index in [-0.39, 0.29) is 24.8 Å². The number of amidine groups is 1. The molecule has 0 aromatic heterocycles. The molecule has 98 valence electrons. The van der Waals surface area contributed by atoms with E-state index in [4.69, 9.17) is 5.41 Å². The molecule has 0 amide bonds. The third kappa shape index (κ3) is 7.49. The van der Waals surface area contributed by atoms with Crippen LogP contribution in [0.3, 0.4) is 0 Å². The molecule has 0 heterocycles. The molecule has 0 aliphatic rings. The quantitative estimate of drug-likeness (QED) is 0.590. The molecule has 1 aromatic carbocycles. The molecule has 1 aromatic rings. The monoisotopic (exact) mass is 295 g/mol. The van der Waals surface area contributed by atoms with Gasteiger partial charge in [0, 0.05) is 12.2 Å². The fourth-order valence-electron chi connectivity index (χ4n) is 1.27. The van der Waals surface area contributed by atoms with Crippen LogP contribution in [-0.4, -0.2) is 18.0 Å². The lowest BCUT2D eigenvalue weighted by Gasteiger charge is -2.08. The van der Waals surface area contributed by atoms with Crippen molar-refractivity contribution in [3.63, 3.8) is 0 Å². The molecule has 1 rings (SSSR count). The predicted molar refractivity (Wildman–Crippen MR) is 83.2 cm³/mol. The van der Waals surface area contributed by atoms with Crippen LogP contribution in [0.2, 0.25) is 0 Å². The number of rotatable bonds is 4. The van der Waals surface area contributed by atoms with Crippen molar-refractivity contribution in [2.24, 2.45) is 0 Å². The Labute approximate surface area is 119 Å². The first-order chi connectivity index (χ1) is 7.26. The Morgan fingerprint density at radius 2 is 2.06 bits per heavy atom. The normalized spacial score (nSPS) is 8.82. The lowest BCUT2D eigenvalue weighted by Crippen LogP contribution is -2.08. The van der Waals surface area contributed by atoms with Gasteiger partial charge in [-0.2, -0.15) is 0 Å². The number of anilines is 1. The first kappa shape index (κ1) is 18.9. The van der Waals surface area contributed by atoms with Crippen molar-refractivity contribution in [3.05, 3.63) is 29.8 Å². The van der Waals surface area contributed by atoms with Gasteiger partial charge in [-0.15, -0.1) is 24.8 Å². The Bertz CT molecular complexity index is 334. The summed E-state index contributed by atoms with van der Waals surface area (Å²) in [6.45, 7) is 2.89. The minimum atomic E-state index is 0. The Hall–Kier alpha value is -0.420. The fourth-order valence-corrected chi connectivity index (χ4v) is 1.75. The number of thioether (sulfide) groups is 1. The number of halogens is 2. The lowest BCUT2D eigenvalue weighted by molar-refractivity contribution is 0.818. The molecule has 3 nitrogen and oxygen atoms in total. The maximum Gasteiger partial charge on any atom is 0.158 e. The van der Waals surface area contributed by atoms with Crippen LogP contribution in [0.15, 0.2) is 24.3 Å².